The summed E-state index contributed by atoms with van der Waals surface area (Å²) in [7, 11) is -0.102. The summed E-state index contributed by atoms with van der Waals surface area (Å²) in [5.41, 5.74) is -0.849. The molecule has 0 fully saturated rings. The zero-order valence-electron chi connectivity index (χ0n) is 16.0. The molecule has 0 unspecified atom stereocenters. The summed E-state index contributed by atoms with van der Waals surface area (Å²) in [4.78, 5) is 14.8. The molecule has 1 aromatic carbocycles. The van der Waals surface area contributed by atoms with Crippen LogP contribution in [0.1, 0.15) is 13.8 Å². The predicted octanol–water partition coefficient (Wildman–Crippen LogP) is 1.62. The number of fused-ring (bicyclic) bond motifs is 1. The average molecular weight is 460 g/mol. The Hall–Kier alpha value is -1.26. The van der Waals surface area contributed by atoms with Crippen molar-refractivity contribution in [1.82, 2.24) is 14.2 Å². The quantitative estimate of drug-likeness (QED) is 0.625. The van der Waals surface area contributed by atoms with Crippen molar-refractivity contribution in [2.45, 2.75) is 25.3 Å². The van der Waals surface area contributed by atoms with Gasteiger partial charge in [-0.25, -0.2) is 13.1 Å². The molecular formula is C18H26BrN3O4S. The Morgan fingerprint density at radius 1 is 1.26 bits per heavy atom. The van der Waals surface area contributed by atoms with Crippen LogP contribution in [0.15, 0.2) is 38.6 Å². The molecule has 1 heterocycles. The van der Waals surface area contributed by atoms with Crippen molar-refractivity contribution < 1.29 is 13.5 Å². The Labute approximate surface area is 168 Å². The van der Waals surface area contributed by atoms with E-state index in [1.54, 1.807) is 18.2 Å². The average Bonchev–Trinajstić information content (AvgIpc) is 2.56. The lowest BCUT2D eigenvalue weighted by Gasteiger charge is -2.23. The summed E-state index contributed by atoms with van der Waals surface area (Å²) in [5.74, 6) is 0. The van der Waals surface area contributed by atoms with Gasteiger partial charge in [0.1, 0.15) is 4.90 Å². The normalized spacial score (nSPS) is 12.9. The number of hydrogen-bond acceptors (Lipinski definition) is 5. The van der Waals surface area contributed by atoms with E-state index in [0.29, 0.717) is 21.8 Å². The van der Waals surface area contributed by atoms with Crippen LogP contribution in [0.5, 0.6) is 0 Å². The Morgan fingerprint density at radius 3 is 2.52 bits per heavy atom. The van der Waals surface area contributed by atoms with Crippen LogP contribution in [0.4, 0.5) is 0 Å². The number of aromatic nitrogens is 1. The first-order valence-corrected chi connectivity index (χ1v) is 10.8. The van der Waals surface area contributed by atoms with E-state index in [1.807, 2.05) is 32.8 Å². The van der Waals surface area contributed by atoms with Gasteiger partial charge in [0.05, 0.1) is 0 Å². The van der Waals surface area contributed by atoms with Gasteiger partial charge >= 0.3 is 0 Å². The van der Waals surface area contributed by atoms with Crippen LogP contribution in [0.25, 0.3) is 10.8 Å². The maximum atomic E-state index is 12.9. The Kier molecular flexibility index (Phi) is 6.86. The smallest absolute Gasteiger partial charge is 0.258 e. The molecule has 2 rings (SSSR count). The second-order valence-electron chi connectivity index (χ2n) is 7.64. The number of benzene rings is 1. The number of sulfonamides is 1. The molecule has 2 N–H and O–H groups in total. The lowest BCUT2D eigenvalue weighted by atomic mass is 9.95. The van der Waals surface area contributed by atoms with Crippen LogP contribution < -0.4 is 10.3 Å². The fourth-order valence-corrected chi connectivity index (χ4v) is 4.26. The van der Waals surface area contributed by atoms with Gasteiger partial charge in [-0.15, -0.1) is 0 Å². The molecule has 0 aliphatic heterocycles. The highest BCUT2D eigenvalue weighted by atomic mass is 79.9. The molecule has 150 valence electrons. The predicted molar refractivity (Wildman–Crippen MR) is 111 cm³/mol. The number of hydrogen-bond donors (Lipinski definition) is 2. The van der Waals surface area contributed by atoms with Gasteiger partial charge in [-0.3, -0.25) is 4.79 Å². The van der Waals surface area contributed by atoms with Gasteiger partial charge in [-0.2, -0.15) is 0 Å². The number of aliphatic hydroxyl groups excluding tert-OH is 1. The number of nitrogens with zero attached hydrogens (tertiary/aromatic N) is 2. The number of rotatable bonds is 8. The highest BCUT2D eigenvalue weighted by molar-refractivity contribution is 9.10. The largest absolute Gasteiger partial charge is 0.396 e. The summed E-state index contributed by atoms with van der Waals surface area (Å²) in [6.45, 7) is 4.52. The first-order chi connectivity index (χ1) is 12.5. The third-order valence-electron chi connectivity index (χ3n) is 4.18. The monoisotopic (exact) mass is 459 g/mol. The van der Waals surface area contributed by atoms with Crippen LogP contribution in [0.3, 0.4) is 0 Å². The van der Waals surface area contributed by atoms with Gasteiger partial charge < -0.3 is 14.6 Å². The third kappa shape index (κ3) is 5.39. The first kappa shape index (κ1) is 22.0. The van der Waals surface area contributed by atoms with Gasteiger partial charge in [-0.1, -0.05) is 29.8 Å². The third-order valence-corrected chi connectivity index (χ3v) is 6.16. The highest BCUT2D eigenvalue weighted by Gasteiger charge is 2.24. The molecule has 0 atom stereocenters. The maximum Gasteiger partial charge on any atom is 0.258 e. The van der Waals surface area contributed by atoms with Gasteiger partial charge in [0.15, 0.2) is 0 Å². The topological polar surface area (TPSA) is 91.6 Å². The molecule has 0 saturated heterocycles. The minimum atomic E-state index is -3.82. The standard InChI is InChI=1S/C18H26BrN3O4S/c1-18(2,12-23)11-22-10-16(27(25,26)20-7-8-21(3)4)15-9-13(19)5-6-14(15)17(22)24/h5-6,9-10,20,23H,7-8,11-12H2,1-4H3. The van der Waals surface area contributed by atoms with E-state index in [1.165, 1.54) is 10.8 Å². The van der Waals surface area contributed by atoms with Crippen LogP contribution >= 0.6 is 15.9 Å². The second-order valence-corrected chi connectivity index (χ2v) is 10.3. The van der Waals surface area contributed by atoms with Crippen LogP contribution in [0, 0.1) is 5.41 Å². The van der Waals surface area contributed by atoms with E-state index in [4.69, 9.17) is 0 Å². The molecule has 9 heteroatoms. The number of likely N-dealkylation sites (N-methyl/N-ethyl adjacent to an activating group) is 1. The molecule has 1 aromatic heterocycles. The second kappa shape index (κ2) is 8.40. The summed E-state index contributed by atoms with van der Waals surface area (Å²) in [6.07, 6.45) is 1.37. The van der Waals surface area contributed by atoms with E-state index >= 15 is 0 Å². The van der Waals surface area contributed by atoms with Crippen molar-refractivity contribution in [3.05, 3.63) is 39.2 Å². The zero-order valence-corrected chi connectivity index (χ0v) is 18.4. The molecule has 0 bridgehead atoms. The van der Waals surface area contributed by atoms with E-state index in [2.05, 4.69) is 20.7 Å². The minimum absolute atomic E-state index is 0.0471. The van der Waals surface area contributed by atoms with Crippen molar-refractivity contribution in [1.29, 1.82) is 0 Å². The maximum absolute atomic E-state index is 12.9. The Morgan fingerprint density at radius 2 is 1.93 bits per heavy atom. The van der Waals surface area contributed by atoms with Gasteiger partial charge in [0, 0.05) is 53.1 Å². The van der Waals surface area contributed by atoms with E-state index in [9.17, 15) is 18.3 Å². The number of halogens is 1. The molecule has 27 heavy (non-hydrogen) atoms. The van der Waals surface area contributed by atoms with E-state index in [0.717, 1.165) is 0 Å². The molecule has 0 aliphatic carbocycles. The molecule has 0 spiro atoms. The van der Waals surface area contributed by atoms with Crippen molar-refractivity contribution in [2.24, 2.45) is 5.41 Å². The zero-order chi connectivity index (χ0) is 20.4. The van der Waals surface area contributed by atoms with Crippen LogP contribution in [-0.2, 0) is 16.6 Å². The molecule has 2 aromatic rings. The van der Waals surface area contributed by atoms with Crippen molar-refractivity contribution >= 4 is 36.7 Å². The minimum Gasteiger partial charge on any atom is -0.396 e. The fourth-order valence-electron chi connectivity index (χ4n) is 2.66. The summed E-state index contributed by atoms with van der Waals surface area (Å²) in [6, 6.07) is 4.96. The molecule has 0 radical (unpaired) electrons. The first-order valence-electron chi connectivity index (χ1n) is 8.55. The molecule has 7 nitrogen and oxygen atoms in total. The summed E-state index contributed by atoms with van der Waals surface area (Å²) >= 11 is 3.34. The Bertz CT molecular complexity index is 984. The number of pyridine rings is 1. The molecule has 0 saturated carbocycles. The van der Waals surface area contributed by atoms with Crippen molar-refractivity contribution in [2.75, 3.05) is 33.8 Å². The molecule has 0 aliphatic rings. The lowest BCUT2D eigenvalue weighted by molar-refractivity contribution is 0.139. The van der Waals surface area contributed by atoms with E-state index in [-0.39, 0.29) is 30.2 Å². The van der Waals surface area contributed by atoms with Gasteiger partial charge in [0.25, 0.3) is 5.56 Å². The molecular weight excluding hydrogens is 434 g/mol. The lowest BCUT2D eigenvalue weighted by Crippen LogP contribution is -2.34. The summed E-state index contributed by atoms with van der Waals surface area (Å²) in [5, 5.41) is 10.2. The van der Waals surface area contributed by atoms with Gasteiger partial charge in [0.2, 0.25) is 10.0 Å². The fraction of sp³-hybridized carbons (Fsp3) is 0.500. The SMILES string of the molecule is CN(C)CCNS(=O)(=O)c1cn(CC(C)(C)CO)c(=O)c2ccc(Br)cc12. The molecule has 0 amide bonds. The van der Waals surface area contributed by atoms with Crippen LogP contribution in [0.2, 0.25) is 0 Å². The number of aliphatic hydroxyl groups is 1. The van der Waals surface area contributed by atoms with Crippen LogP contribution in [-0.4, -0.2) is 56.8 Å². The highest BCUT2D eigenvalue weighted by Crippen LogP contribution is 2.25. The van der Waals surface area contributed by atoms with Crippen molar-refractivity contribution in [3.63, 3.8) is 0 Å². The Balaban J connectivity index is 2.64. The van der Waals surface area contributed by atoms with E-state index < -0.39 is 15.4 Å². The summed E-state index contributed by atoms with van der Waals surface area (Å²) < 4.78 is 30.5. The van der Waals surface area contributed by atoms with Gasteiger partial charge in [-0.05, 0) is 32.3 Å². The number of nitrogens with one attached hydrogen (secondary N) is 1. The van der Waals surface area contributed by atoms with Crippen molar-refractivity contribution in [3.8, 4) is 0 Å².